The smallest absolute Gasteiger partial charge is 0.237 e. The monoisotopic (exact) mass is 264 g/mol. The summed E-state index contributed by atoms with van der Waals surface area (Å²) in [7, 11) is 0. The molecule has 1 amide bonds. The van der Waals surface area contributed by atoms with Crippen molar-refractivity contribution >= 4 is 5.91 Å². The van der Waals surface area contributed by atoms with Gasteiger partial charge in [-0.15, -0.1) is 0 Å². The van der Waals surface area contributed by atoms with E-state index in [9.17, 15) is 9.18 Å². The molecular weight excluding hydrogens is 243 g/mol. The molecule has 19 heavy (non-hydrogen) atoms. The number of hydrogen-bond donors (Lipinski definition) is 2. The Morgan fingerprint density at radius 1 is 1.32 bits per heavy atom. The highest BCUT2D eigenvalue weighted by Gasteiger charge is 2.21. The molecule has 2 atom stereocenters. The van der Waals surface area contributed by atoms with E-state index in [1.807, 2.05) is 6.92 Å². The molecule has 3 nitrogen and oxygen atoms in total. The van der Waals surface area contributed by atoms with Crippen LogP contribution in [-0.4, -0.2) is 18.5 Å². The van der Waals surface area contributed by atoms with Gasteiger partial charge in [0.2, 0.25) is 5.91 Å². The summed E-state index contributed by atoms with van der Waals surface area (Å²) in [5, 5.41) is 6.26. The quantitative estimate of drug-likeness (QED) is 0.881. The van der Waals surface area contributed by atoms with E-state index >= 15 is 0 Å². The average molecular weight is 264 g/mol. The number of halogens is 1. The van der Waals surface area contributed by atoms with E-state index in [2.05, 4.69) is 10.6 Å². The van der Waals surface area contributed by atoms with Crippen molar-refractivity contribution < 1.29 is 9.18 Å². The number of nitrogens with one attached hydrogen (secondary N) is 2. The number of benzene rings is 1. The third-order valence-electron chi connectivity index (χ3n) is 3.61. The van der Waals surface area contributed by atoms with Gasteiger partial charge in [-0.25, -0.2) is 4.39 Å². The molecule has 1 aromatic carbocycles. The van der Waals surface area contributed by atoms with Gasteiger partial charge in [0.05, 0.1) is 12.1 Å². The molecule has 1 saturated heterocycles. The normalized spacial score (nSPS) is 21.5. The highest BCUT2D eigenvalue weighted by molar-refractivity contribution is 5.82. The highest BCUT2D eigenvalue weighted by atomic mass is 19.1. The van der Waals surface area contributed by atoms with Crippen LogP contribution >= 0.6 is 0 Å². The van der Waals surface area contributed by atoms with Gasteiger partial charge in [-0.3, -0.25) is 4.79 Å². The van der Waals surface area contributed by atoms with Gasteiger partial charge in [-0.2, -0.15) is 0 Å². The van der Waals surface area contributed by atoms with E-state index in [1.165, 1.54) is 18.6 Å². The maximum atomic E-state index is 12.9. The van der Waals surface area contributed by atoms with Gasteiger partial charge in [-0.1, -0.05) is 25.0 Å². The lowest BCUT2D eigenvalue weighted by atomic mass is 10.1. The van der Waals surface area contributed by atoms with Crippen LogP contribution in [0.25, 0.3) is 0 Å². The van der Waals surface area contributed by atoms with Crippen molar-refractivity contribution in [2.24, 2.45) is 0 Å². The minimum Gasteiger partial charge on any atom is -0.348 e. The Kier molecular flexibility index (Phi) is 4.91. The first-order valence-electron chi connectivity index (χ1n) is 6.96. The zero-order valence-corrected chi connectivity index (χ0v) is 11.3. The number of carbonyl (C=O) groups is 1. The summed E-state index contributed by atoms with van der Waals surface area (Å²) < 4.78 is 12.9. The Morgan fingerprint density at radius 2 is 2.05 bits per heavy atom. The van der Waals surface area contributed by atoms with Gasteiger partial charge in [0.15, 0.2) is 0 Å². The Balaban J connectivity index is 1.92. The predicted molar refractivity (Wildman–Crippen MR) is 73.2 cm³/mol. The van der Waals surface area contributed by atoms with Gasteiger partial charge < -0.3 is 10.6 Å². The first-order chi connectivity index (χ1) is 9.16. The fourth-order valence-corrected chi connectivity index (χ4v) is 2.40. The van der Waals surface area contributed by atoms with Crippen LogP contribution in [0.15, 0.2) is 24.3 Å². The Morgan fingerprint density at radius 3 is 2.79 bits per heavy atom. The maximum Gasteiger partial charge on any atom is 0.237 e. The molecule has 0 radical (unpaired) electrons. The van der Waals surface area contributed by atoms with Crippen LogP contribution in [0.4, 0.5) is 4.39 Å². The molecule has 1 aliphatic rings. The third-order valence-corrected chi connectivity index (χ3v) is 3.61. The summed E-state index contributed by atoms with van der Waals surface area (Å²) in [6.45, 7) is 2.82. The molecule has 1 heterocycles. The Bertz CT molecular complexity index is 411. The molecule has 2 rings (SSSR count). The first-order valence-corrected chi connectivity index (χ1v) is 6.96. The number of rotatable bonds is 3. The van der Waals surface area contributed by atoms with Gasteiger partial charge >= 0.3 is 0 Å². The number of amides is 1. The predicted octanol–water partition coefficient (Wildman–Crippen LogP) is 2.54. The zero-order chi connectivity index (χ0) is 13.7. The lowest BCUT2D eigenvalue weighted by molar-refractivity contribution is -0.123. The van der Waals surface area contributed by atoms with Gasteiger partial charge in [0.1, 0.15) is 5.82 Å². The summed E-state index contributed by atoms with van der Waals surface area (Å²) in [5.41, 5.74) is 0.920. The van der Waals surface area contributed by atoms with Crippen LogP contribution in [-0.2, 0) is 4.79 Å². The molecule has 0 bridgehead atoms. The molecule has 0 aliphatic carbocycles. The lowest BCUT2D eigenvalue weighted by Crippen LogP contribution is -2.44. The van der Waals surface area contributed by atoms with Crippen molar-refractivity contribution in [2.45, 2.75) is 44.7 Å². The summed E-state index contributed by atoms with van der Waals surface area (Å²) >= 11 is 0. The number of carbonyl (C=O) groups excluding carboxylic acids is 1. The van der Waals surface area contributed by atoms with Crippen LogP contribution in [0.2, 0.25) is 0 Å². The van der Waals surface area contributed by atoms with E-state index in [0.717, 1.165) is 31.4 Å². The van der Waals surface area contributed by atoms with Crippen molar-refractivity contribution in [3.8, 4) is 0 Å². The average Bonchev–Trinajstić information content (AvgIpc) is 2.68. The van der Waals surface area contributed by atoms with Gasteiger partial charge in [0, 0.05) is 0 Å². The summed E-state index contributed by atoms with van der Waals surface area (Å²) in [6.07, 6.45) is 4.31. The van der Waals surface area contributed by atoms with Crippen LogP contribution < -0.4 is 10.6 Å². The topological polar surface area (TPSA) is 41.1 Å². The van der Waals surface area contributed by atoms with Crippen molar-refractivity contribution in [1.82, 2.24) is 10.6 Å². The summed E-state index contributed by atoms with van der Waals surface area (Å²) in [4.78, 5) is 12.2. The third kappa shape index (κ3) is 4.03. The van der Waals surface area contributed by atoms with Crippen LogP contribution in [0.1, 0.15) is 44.2 Å². The van der Waals surface area contributed by atoms with E-state index in [0.29, 0.717) is 0 Å². The highest BCUT2D eigenvalue weighted by Crippen LogP contribution is 2.14. The molecule has 0 saturated carbocycles. The minimum atomic E-state index is -0.257. The van der Waals surface area contributed by atoms with Crippen molar-refractivity contribution in [3.05, 3.63) is 35.6 Å². The maximum absolute atomic E-state index is 12.9. The molecular formula is C15H21FN2O. The molecule has 1 aromatic rings. The second kappa shape index (κ2) is 6.66. The zero-order valence-electron chi connectivity index (χ0n) is 11.3. The van der Waals surface area contributed by atoms with E-state index in [1.54, 1.807) is 12.1 Å². The lowest BCUT2D eigenvalue weighted by Gasteiger charge is -2.20. The molecule has 2 N–H and O–H groups in total. The largest absolute Gasteiger partial charge is 0.348 e. The van der Waals surface area contributed by atoms with Crippen LogP contribution in [0, 0.1) is 5.82 Å². The molecule has 1 aliphatic heterocycles. The van der Waals surface area contributed by atoms with Gasteiger partial charge in [-0.05, 0) is 44.0 Å². The molecule has 0 aromatic heterocycles. The van der Waals surface area contributed by atoms with Crippen molar-refractivity contribution in [3.63, 3.8) is 0 Å². The SMILES string of the molecule is CC(NC(=O)C1CCCCCN1)c1ccc(F)cc1. The Labute approximate surface area is 113 Å². The fraction of sp³-hybridized carbons (Fsp3) is 0.533. The van der Waals surface area contributed by atoms with E-state index < -0.39 is 0 Å². The molecule has 2 unspecified atom stereocenters. The van der Waals surface area contributed by atoms with Crippen molar-refractivity contribution in [1.29, 1.82) is 0 Å². The molecule has 104 valence electrons. The van der Waals surface area contributed by atoms with E-state index in [4.69, 9.17) is 0 Å². The second-order valence-corrected chi connectivity index (χ2v) is 5.14. The fourth-order valence-electron chi connectivity index (χ4n) is 2.40. The van der Waals surface area contributed by atoms with Crippen LogP contribution in [0.3, 0.4) is 0 Å². The minimum absolute atomic E-state index is 0.0405. The molecule has 0 spiro atoms. The molecule has 4 heteroatoms. The standard InChI is InChI=1S/C15H21FN2O/c1-11(12-6-8-13(16)9-7-12)18-15(19)14-5-3-2-4-10-17-14/h6-9,11,14,17H,2-5,10H2,1H3,(H,18,19). The summed E-state index contributed by atoms with van der Waals surface area (Å²) in [5.74, 6) is -0.216. The summed E-state index contributed by atoms with van der Waals surface area (Å²) in [6, 6.07) is 6.06. The van der Waals surface area contributed by atoms with E-state index in [-0.39, 0.29) is 23.8 Å². The Hall–Kier alpha value is -1.42. The molecule has 1 fully saturated rings. The first kappa shape index (κ1) is 14.0. The van der Waals surface area contributed by atoms with Crippen LogP contribution in [0.5, 0.6) is 0 Å². The number of hydrogen-bond acceptors (Lipinski definition) is 2. The van der Waals surface area contributed by atoms with Crippen molar-refractivity contribution in [2.75, 3.05) is 6.54 Å². The second-order valence-electron chi connectivity index (χ2n) is 5.14. The van der Waals surface area contributed by atoms with Gasteiger partial charge in [0.25, 0.3) is 0 Å².